The Morgan fingerprint density at radius 1 is 1.36 bits per heavy atom. The number of nitrogens with two attached hydrogens (primary N) is 1. The van der Waals surface area contributed by atoms with Gasteiger partial charge in [-0.05, 0) is 51.8 Å². The average Bonchev–Trinajstić information content (AvgIpc) is 3.06. The number of hydrogen-bond donors (Lipinski definition) is 2. The number of pyridine rings is 1. The van der Waals surface area contributed by atoms with E-state index in [-0.39, 0.29) is 12.0 Å². The number of nitrogen functional groups attached to an aromatic ring is 1. The van der Waals surface area contributed by atoms with Gasteiger partial charge in [0.1, 0.15) is 16.9 Å². The van der Waals surface area contributed by atoms with Gasteiger partial charge in [0.2, 0.25) is 0 Å². The number of halogens is 1. The quantitative estimate of drug-likeness (QED) is 0.571. The molecule has 1 amide bonds. The van der Waals surface area contributed by atoms with Crippen molar-refractivity contribution < 1.29 is 9.53 Å². The number of piperidine rings is 1. The molecular weight excluding hydrogens is 422 g/mol. The monoisotopic (exact) mass is 445 g/mol. The van der Waals surface area contributed by atoms with Crippen LogP contribution in [-0.4, -0.2) is 44.6 Å². The molecule has 1 saturated heterocycles. The summed E-state index contributed by atoms with van der Waals surface area (Å²) in [6, 6.07) is 5.92. The molecule has 1 aromatic carbocycles. The molecule has 2 aromatic heterocycles. The van der Waals surface area contributed by atoms with Crippen LogP contribution in [-0.2, 0) is 4.74 Å². The number of anilines is 1. The molecule has 3 heterocycles. The SMILES string of the molecule is CC(C)(C)OC(=O)N1CCC[C@@H](c2nc3c(N)nc4cc(Br)ccc4c3[nH]2)C1. The van der Waals surface area contributed by atoms with Gasteiger partial charge in [0.05, 0.1) is 11.0 Å². The van der Waals surface area contributed by atoms with Gasteiger partial charge in [0.15, 0.2) is 5.82 Å². The van der Waals surface area contributed by atoms with Crippen molar-refractivity contribution in [2.75, 3.05) is 18.8 Å². The smallest absolute Gasteiger partial charge is 0.410 e. The lowest BCUT2D eigenvalue weighted by Crippen LogP contribution is -2.42. The van der Waals surface area contributed by atoms with Crippen molar-refractivity contribution in [3.8, 4) is 0 Å². The maximum atomic E-state index is 12.5. The first-order valence-electron chi connectivity index (χ1n) is 9.43. The highest BCUT2D eigenvalue weighted by Crippen LogP contribution is 2.32. The zero-order valence-corrected chi connectivity index (χ0v) is 17.8. The second-order valence-corrected chi connectivity index (χ2v) is 9.19. The van der Waals surface area contributed by atoms with Crippen LogP contribution in [0, 0.1) is 0 Å². The molecule has 7 nitrogen and oxygen atoms in total. The normalized spacial score (nSPS) is 18.0. The molecule has 3 N–H and O–H groups in total. The van der Waals surface area contributed by atoms with E-state index in [2.05, 4.69) is 25.9 Å². The van der Waals surface area contributed by atoms with Crippen LogP contribution in [0.25, 0.3) is 21.9 Å². The Bertz CT molecular complexity index is 1060. The van der Waals surface area contributed by atoms with Crippen LogP contribution >= 0.6 is 15.9 Å². The summed E-state index contributed by atoms with van der Waals surface area (Å²) in [6.45, 7) is 6.91. The molecule has 0 aliphatic carbocycles. The van der Waals surface area contributed by atoms with Gasteiger partial charge in [-0.15, -0.1) is 0 Å². The minimum absolute atomic E-state index is 0.110. The summed E-state index contributed by atoms with van der Waals surface area (Å²) in [5.74, 6) is 1.36. The van der Waals surface area contributed by atoms with E-state index in [4.69, 9.17) is 15.5 Å². The molecule has 1 aliphatic rings. The number of rotatable bonds is 1. The number of likely N-dealkylation sites (tertiary alicyclic amines) is 1. The van der Waals surface area contributed by atoms with Crippen molar-refractivity contribution in [1.82, 2.24) is 19.9 Å². The Hall–Kier alpha value is -2.35. The van der Waals surface area contributed by atoms with Crippen LogP contribution < -0.4 is 5.73 Å². The Labute approximate surface area is 171 Å². The van der Waals surface area contributed by atoms with E-state index < -0.39 is 5.60 Å². The van der Waals surface area contributed by atoms with Crippen molar-refractivity contribution in [2.24, 2.45) is 0 Å². The van der Waals surface area contributed by atoms with Gasteiger partial charge in [-0.1, -0.05) is 15.9 Å². The molecule has 3 aromatic rings. The fourth-order valence-electron chi connectivity index (χ4n) is 3.65. The topological polar surface area (TPSA) is 97.1 Å². The van der Waals surface area contributed by atoms with Crippen LogP contribution in [0.1, 0.15) is 45.4 Å². The first-order valence-corrected chi connectivity index (χ1v) is 10.2. The summed E-state index contributed by atoms with van der Waals surface area (Å²) in [6.07, 6.45) is 1.59. The van der Waals surface area contributed by atoms with Gasteiger partial charge in [0.25, 0.3) is 0 Å². The molecule has 0 unspecified atom stereocenters. The number of nitrogens with zero attached hydrogens (tertiary/aromatic N) is 3. The number of aromatic nitrogens is 3. The van der Waals surface area contributed by atoms with Crippen LogP contribution in [0.5, 0.6) is 0 Å². The van der Waals surface area contributed by atoms with Gasteiger partial charge in [-0.3, -0.25) is 0 Å². The van der Waals surface area contributed by atoms with E-state index in [1.165, 1.54) is 0 Å². The van der Waals surface area contributed by atoms with Gasteiger partial charge >= 0.3 is 6.09 Å². The van der Waals surface area contributed by atoms with Crippen LogP contribution in [0.3, 0.4) is 0 Å². The molecule has 0 radical (unpaired) electrons. The highest BCUT2D eigenvalue weighted by atomic mass is 79.9. The van der Waals surface area contributed by atoms with Crippen LogP contribution in [0.15, 0.2) is 22.7 Å². The van der Waals surface area contributed by atoms with Crippen LogP contribution in [0.4, 0.5) is 10.6 Å². The summed E-state index contributed by atoms with van der Waals surface area (Å²) in [5.41, 5.74) is 8.05. The molecule has 8 heteroatoms. The highest BCUT2D eigenvalue weighted by Gasteiger charge is 2.30. The van der Waals surface area contributed by atoms with E-state index in [0.29, 0.717) is 24.4 Å². The zero-order valence-electron chi connectivity index (χ0n) is 16.3. The molecule has 1 aliphatic heterocycles. The summed E-state index contributed by atoms with van der Waals surface area (Å²) >= 11 is 3.47. The van der Waals surface area contributed by atoms with Crippen LogP contribution in [0.2, 0.25) is 0 Å². The zero-order chi connectivity index (χ0) is 20.1. The molecule has 0 saturated carbocycles. The average molecular weight is 446 g/mol. The predicted molar refractivity (Wildman–Crippen MR) is 113 cm³/mol. The van der Waals surface area contributed by atoms with Crippen molar-refractivity contribution in [1.29, 1.82) is 0 Å². The maximum Gasteiger partial charge on any atom is 0.410 e. The van der Waals surface area contributed by atoms with Gasteiger partial charge in [-0.2, -0.15) is 0 Å². The first kappa shape index (κ1) is 19.0. The second kappa shape index (κ2) is 6.92. The van der Waals surface area contributed by atoms with E-state index in [1.54, 1.807) is 4.90 Å². The third-order valence-electron chi connectivity index (χ3n) is 4.89. The van der Waals surface area contributed by atoms with Crippen molar-refractivity contribution in [3.05, 3.63) is 28.5 Å². The number of ether oxygens (including phenoxy) is 1. The molecule has 1 fully saturated rings. The minimum Gasteiger partial charge on any atom is -0.444 e. The largest absolute Gasteiger partial charge is 0.444 e. The second-order valence-electron chi connectivity index (χ2n) is 8.27. The van der Waals surface area contributed by atoms with Gasteiger partial charge in [-0.25, -0.2) is 14.8 Å². The minimum atomic E-state index is -0.503. The Morgan fingerprint density at radius 2 is 2.14 bits per heavy atom. The van der Waals surface area contributed by atoms with Crippen molar-refractivity contribution >= 4 is 49.8 Å². The van der Waals surface area contributed by atoms with Gasteiger partial charge < -0.3 is 20.4 Å². The number of fused-ring (bicyclic) bond motifs is 3. The number of nitrogens with one attached hydrogen (secondary N) is 1. The van der Waals surface area contributed by atoms with E-state index in [9.17, 15) is 4.79 Å². The number of amides is 1. The van der Waals surface area contributed by atoms with Crippen molar-refractivity contribution in [2.45, 2.75) is 45.1 Å². The fraction of sp³-hybridized carbons (Fsp3) is 0.450. The standard InChI is InChI=1S/C20H24BrN5O2/c1-20(2,3)28-19(27)26-8-4-5-11(10-26)18-24-15-13-7-6-12(21)9-14(13)23-17(22)16(15)25-18/h6-7,9,11H,4-5,8,10H2,1-3H3,(H2,22,23)(H,24,25)/t11-/m1/s1. The molecule has 0 bridgehead atoms. The number of benzene rings is 1. The molecule has 148 valence electrons. The van der Waals surface area contributed by atoms with E-state index >= 15 is 0 Å². The lowest BCUT2D eigenvalue weighted by atomic mass is 9.98. The molecule has 28 heavy (non-hydrogen) atoms. The first-order chi connectivity index (χ1) is 13.2. The number of hydrogen-bond acceptors (Lipinski definition) is 5. The predicted octanol–water partition coefficient (Wildman–Crippen LogP) is 4.57. The fourth-order valence-corrected chi connectivity index (χ4v) is 4.00. The third-order valence-corrected chi connectivity index (χ3v) is 5.39. The van der Waals surface area contributed by atoms with Crippen molar-refractivity contribution in [3.63, 3.8) is 0 Å². The van der Waals surface area contributed by atoms with E-state index in [0.717, 1.165) is 39.6 Å². The summed E-state index contributed by atoms with van der Waals surface area (Å²) in [4.78, 5) is 26.9. The Balaban J connectivity index is 1.66. The molecule has 1 atom stereocenters. The molecule has 4 rings (SSSR count). The summed E-state index contributed by atoms with van der Waals surface area (Å²) in [7, 11) is 0. The molecule has 0 spiro atoms. The maximum absolute atomic E-state index is 12.5. The lowest BCUT2D eigenvalue weighted by molar-refractivity contribution is 0.0196. The Kier molecular flexibility index (Phi) is 4.69. The number of carbonyl (C=O) groups is 1. The van der Waals surface area contributed by atoms with E-state index in [1.807, 2.05) is 39.0 Å². The van der Waals surface area contributed by atoms with Gasteiger partial charge in [0, 0.05) is 28.9 Å². The highest BCUT2D eigenvalue weighted by molar-refractivity contribution is 9.10. The lowest BCUT2D eigenvalue weighted by Gasteiger charge is -2.33. The third kappa shape index (κ3) is 3.65. The number of carbonyl (C=O) groups excluding carboxylic acids is 1. The summed E-state index contributed by atoms with van der Waals surface area (Å²) < 4.78 is 6.48. The number of imidazole rings is 1. The number of aromatic amines is 1. The number of H-pyrrole nitrogens is 1. The molecular formula is C20H24BrN5O2. The Morgan fingerprint density at radius 3 is 2.89 bits per heavy atom. The summed E-state index contributed by atoms with van der Waals surface area (Å²) in [5, 5.41) is 0.978.